The van der Waals surface area contributed by atoms with Crippen LogP contribution in [0, 0.1) is 5.92 Å². The first-order valence-electron chi connectivity index (χ1n) is 8.43. The van der Waals surface area contributed by atoms with Gasteiger partial charge in [0.1, 0.15) is 0 Å². The molecular formula is C17H22BrN5OS. The van der Waals surface area contributed by atoms with Crippen LogP contribution in [0.25, 0.3) is 10.9 Å². The molecule has 2 aromatic rings. The van der Waals surface area contributed by atoms with Crippen LogP contribution >= 0.6 is 28.1 Å². The Bertz CT molecular complexity index is 815. The van der Waals surface area contributed by atoms with E-state index in [1.807, 2.05) is 22.8 Å². The van der Waals surface area contributed by atoms with Crippen LogP contribution in [0.1, 0.15) is 26.2 Å². The molecule has 0 bridgehead atoms. The predicted octanol–water partition coefficient (Wildman–Crippen LogP) is 4.52. The molecule has 25 heavy (non-hydrogen) atoms. The van der Waals surface area contributed by atoms with Crippen molar-refractivity contribution in [3.8, 4) is 5.88 Å². The Hall–Kier alpha value is -1.51. The maximum absolute atomic E-state index is 10.8. The number of fused-ring (bicyclic) bond motifs is 1. The molecule has 1 aliphatic carbocycles. The summed E-state index contributed by atoms with van der Waals surface area (Å²) in [4.78, 5) is 2.38. The van der Waals surface area contributed by atoms with Crippen molar-refractivity contribution in [3.05, 3.63) is 22.7 Å². The van der Waals surface area contributed by atoms with E-state index in [4.69, 9.17) is 18.0 Å². The summed E-state index contributed by atoms with van der Waals surface area (Å²) in [6, 6.07) is 5.85. The molecule has 1 aliphatic rings. The summed E-state index contributed by atoms with van der Waals surface area (Å²) >= 11 is 8.24. The standard InChI is InChI=1S/C17H22BrN5OS/c1-2-7-22(9-11-3-4-11)10-23-14-6-5-12(18)8-13(14)15(16(23)24)20-21-17(19)25/h5-6,8,11,24H,2-4,7,9-10H2,1H3,(H2,19,25). The number of aromatic hydroxyl groups is 1. The van der Waals surface area contributed by atoms with Crippen LogP contribution in [-0.4, -0.2) is 32.8 Å². The Balaban J connectivity index is 2.01. The van der Waals surface area contributed by atoms with Gasteiger partial charge in [0.25, 0.3) is 0 Å². The maximum Gasteiger partial charge on any atom is 0.221 e. The third-order valence-corrected chi connectivity index (χ3v) is 4.89. The van der Waals surface area contributed by atoms with Crippen LogP contribution in [-0.2, 0) is 6.67 Å². The molecule has 0 atom stereocenters. The molecule has 3 N–H and O–H groups in total. The van der Waals surface area contributed by atoms with E-state index in [1.54, 1.807) is 0 Å². The normalized spacial score (nSPS) is 14.8. The van der Waals surface area contributed by atoms with E-state index in [0.717, 1.165) is 40.8 Å². The SMILES string of the molecule is CCCN(CC1CC1)Cn1c(O)c(N=NC(N)=S)c2cc(Br)ccc21. The Morgan fingerprint density at radius 2 is 2.24 bits per heavy atom. The Kier molecular flexibility index (Phi) is 5.71. The summed E-state index contributed by atoms with van der Waals surface area (Å²) in [7, 11) is 0. The van der Waals surface area contributed by atoms with Gasteiger partial charge in [-0.1, -0.05) is 22.9 Å². The summed E-state index contributed by atoms with van der Waals surface area (Å²) in [5.74, 6) is 0.878. The topological polar surface area (TPSA) is 79.1 Å². The fourth-order valence-electron chi connectivity index (χ4n) is 3.04. The van der Waals surface area contributed by atoms with Crippen molar-refractivity contribution < 1.29 is 5.11 Å². The van der Waals surface area contributed by atoms with Crippen LogP contribution in [0.3, 0.4) is 0 Å². The van der Waals surface area contributed by atoms with Gasteiger partial charge in [-0.25, -0.2) is 0 Å². The van der Waals surface area contributed by atoms with Crippen molar-refractivity contribution in [2.45, 2.75) is 32.9 Å². The van der Waals surface area contributed by atoms with E-state index in [1.165, 1.54) is 12.8 Å². The highest BCUT2D eigenvalue weighted by molar-refractivity contribution is 9.10. The second-order valence-corrected chi connectivity index (χ2v) is 7.80. The van der Waals surface area contributed by atoms with Gasteiger partial charge in [0.15, 0.2) is 5.69 Å². The number of aromatic nitrogens is 1. The Labute approximate surface area is 160 Å². The lowest BCUT2D eigenvalue weighted by atomic mass is 10.2. The number of hydrogen-bond donors (Lipinski definition) is 2. The molecule has 3 rings (SSSR count). The zero-order chi connectivity index (χ0) is 18.0. The fraction of sp³-hybridized carbons (Fsp3) is 0.471. The minimum Gasteiger partial charge on any atom is -0.493 e. The zero-order valence-corrected chi connectivity index (χ0v) is 16.6. The van der Waals surface area contributed by atoms with Crippen LogP contribution in [0.15, 0.2) is 32.9 Å². The second kappa shape index (κ2) is 7.80. The summed E-state index contributed by atoms with van der Waals surface area (Å²) < 4.78 is 2.79. The van der Waals surface area contributed by atoms with E-state index >= 15 is 0 Å². The van der Waals surface area contributed by atoms with Gasteiger partial charge in [-0.15, -0.1) is 10.2 Å². The second-order valence-electron chi connectivity index (χ2n) is 6.46. The molecule has 0 aliphatic heterocycles. The number of nitrogens with two attached hydrogens (primary N) is 1. The van der Waals surface area contributed by atoms with Crippen molar-refractivity contribution in [1.29, 1.82) is 0 Å². The van der Waals surface area contributed by atoms with Gasteiger partial charge in [-0.05, 0) is 62.1 Å². The average Bonchev–Trinajstić information content (AvgIpc) is 3.33. The summed E-state index contributed by atoms with van der Waals surface area (Å²) in [6.07, 6.45) is 3.68. The van der Waals surface area contributed by atoms with Crippen molar-refractivity contribution in [2.24, 2.45) is 21.9 Å². The number of azo groups is 1. The first-order valence-corrected chi connectivity index (χ1v) is 9.64. The molecule has 1 saturated carbocycles. The predicted molar refractivity (Wildman–Crippen MR) is 107 cm³/mol. The number of halogens is 1. The van der Waals surface area contributed by atoms with Gasteiger partial charge >= 0.3 is 0 Å². The number of rotatable bonds is 7. The van der Waals surface area contributed by atoms with Gasteiger partial charge in [0.05, 0.1) is 12.2 Å². The lowest BCUT2D eigenvalue weighted by Crippen LogP contribution is -2.29. The molecule has 0 radical (unpaired) electrons. The molecule has 1 aromatic carbocycles. The van der Waals surface area contributed by atoms with Crippen LogP contribution in [0.5, 0.6) is 5.88 Å². The molecule has 0 amide bonds. The Morgan fingerprint density at radius 1 is 1.48 bits per heavy atom. The van der Waals surface area contributed by atoms with Crippen molar-refractivity contribution >= 4 is 49.9 Å². The van der Waals surface area contributed by atoms with Crippen molar-refractivity contribution in [1.82, 2.24) is 9.47 Å². The molecule has 0 spiro atoms. The van der Waals surface area contributed by atoms with Crippen molar-refractivity contribution in [2.75, 3.05) is 13.1 Å². The molecule has 0 saturated heterocycles. The molecule has 1 fully saturated rings. The number of nitrogens with zero attached hydrogens (tertiary/aromatic N) is 4. The van der Waals surface area contributed by atoms with Crippen LogP contribution < -0.4 is 5.73 Å². The van der Waals surface area contributed by atoms with E-state index in [0.29, 0.717) is 12.4 Å². The number of thiocarbonyl (C=S) groups is 1. The number of benzene rings is 1. The lowest BCUT2D eigenvalue weighted by Gasteiger charge is -2.23. The number of hydrogen-bond acceptors (Lipinski definition) is 4. The van der Waals surface area contributed by atoms with E-state index in [-0.39, 0.29) is 11.0 Å². The molecule has 1 aromatic heterocycles. The summed E-state index contributed by atoms with van der Waals surface area (Å²) in [5.41, 5.74) is 6.73. The third-order valence-electron chi connectivity index (χ3n) is 4.32. The smallest absolute Gasteiger partial charge is 0.221 e. The monoisotopic (exact) mass is 423 g/mol. The summed E-state index contributed by atoms with van der Waals surface area (Å²) in [5, 5.41) is 19.3. The molecule has 0 unspecified atom stereocenters. The molecule has 8 heteroatoms. The molecule has 6 nitrogen and oxygen atoms in total. The Morgan fingerprint density at radius 3 is 2.88 bits per heavy atom. The third kappa shape index (κ3) is 4.37. The van der Waals surface area contributed by atoms with Gasteiger partial charge in [-0.2, -0.15) is 0 Å². The van der Waals surface area contributed by atoms with E-state index in [2.05, 4.69) is 38.0 Å². The molecule has 134 valence electrons. The minimum atomic E-state index is -0.0587. The van der Waals surface area contributed by atoms with Crippen LogP contribution in [0.4, 0.5) is 5.69 Å². The van der Waals surface area contributed by atoms with Gasteiger partial charge in [-0.3, -0.25) is 9.47 Å². The average molecular weight is 424 g/mol. The highest BCUT2D eigenvalue weighted by atomic mass is 79.9. The van der Waals surface area contributed by atoms with E-state index < -0.39 is 0 Å². The molecule has 1 heterocycles. The van der Waals surface area contributed by atoms with Gasteiger partial charge < -0.3 is 10.8 Å². The highest BCUT2D eigenvalue weighted by Gasteiger charge is 2.25. The summed E-state index contributed by atoms with van der Waals surface area (Å²) in [6.45, 7) is 4.85. The highest BCUT2D eigenvalue weighted by Crippen LogP contribution is 2.40. The minimum absolute atomic E-state index is 0.0587. The van der Waals surface area contributed by atoms with Crippen LogP contribution in [0.2, 0.25) is 0 Å². The largest absolute Gasteiger partial charge is 0.493 e. The van der Waals surface area contributed by atoms with E-state index in [9.17, 15) is 5.11 Å². The van der Waals surface area contributed by atoms with Crippen molar-refractivity contribution in [3.63, 3.8) is 0 Å². The molecular weight excluding hydrogens is 402 g/mol. The van der Waals surface area contributed by atoms with Gasteiger partial charge in [0, 0.05) is 16.4 Å². The maximum atomic E-state index is 10.8. The lowest BCUT2D eigenvalue weighted by molar-refractivity contribution is 0.203. The first kappa shape index (κ1) is 18.3. The quantitative estimate of drug-likeness (QED) is 0.506. The first-order chi connectivity index (χ1) is 12.0. The zero-order valence-electron chi connectivity index (χ0n) is 14.2. The van der Waals surface area contributed by atoms with Gasteiger partial charge in [0.2, 0.25) is 11.0 Å². The fourth-order valence-corrected chi connectivity index (χ4v) is 3.44.